The van der Waals surface area contributed by atoms with Crippen LogP contribution in [0.25, 0.3) is 0 Å². The lowest BCUT2D eigenvalue weighted by molar-refractivity contribution is 0.0691. The predicted octanol–water partition coefficient (Wildman–Crippen LogP) is 0.617. The Hall–Kier alpha value is -2.42. The highest BCUT2D eigenvalue weighted by Gasteiger charge is 2.09. The van der Waals surface area contributed by atoms with Gasteiger partial charge in [-0.1, -0.05) is 0 Å². The van der Waals surface area contributed by atoms with Crippen LogP contribution in [0.4, 0.5) is 4.79 Å². The number of carboxylic acids is 1. The highest BCUT2D eigenvalue weighted by molar-refractivity contribution is 7.09. The first-order chi connectivity index (χ1) is 10.1. The maximum atomic E-state index is 11.6. The van der Waals surface area contributed by atoms with Crippen LogP contribution in [0.1, 0.15) is 21.2 Å². The van der Waals surface area contributed by atoms with Crippen molar-refractivity contribution in [1.29, 1.82) is 0 Å². The molecule has 0 radical (unpaired) electrons. The van der Waals surface area contributed by atoms with E-state index < -0.39 is 5.97 Å². The number of rotatable bonds is 6. The van der Waals surface area contributed by atoms with Crippen LogP contribution < -0.4 is 10.6 Å². The zero-order valence-corrected chi connectivity index (χ0v) is 12.2. The monoisotopic (exact) mass is 309 g/mol. The highest BCUT2D eigenvalue weighted by Crippen LogP contribution is 2.09. The first-order valence-electron chi connectivity index (χ1n) is 6.22. The summed E-state index contributed by atoms with van der Waals surface area (Å²) in [6, 6.07) is 1.58. The average Bonchev–Trinajstić information content (AvgIpc) is 3.06. The summed E-state index contributed by atoms with van der Waals surface area (Å²) < 4.78 is 1.75. The van der Waals surface area contributed by atoms with E-state index in [9.17, 15) is 9.59 Å². The maximum Gasteiger partial charge on any atom is 0.355 e. The Labute approximate surface area is 124 Å². The number of amides is 2. The van der Waals surface area contributed by atoms with Crippen molar-refractivity contribution in [2.75, 3.05) is 6.54 Å². The fourth-order valence-corrected chi connectivity index (χ4v) is 2.37. The van der Waals surface area contributed by atoms with Crippen LogP contribution in [-0.4, -0.2) is 38.4 Å². The van der Waals surface area contributed by atoms with E-state index in [1.165, 1.54) is 16.7 Å². The van der Waals surface area contributed by atoms with Gasteiger partial charge in [-0.2, -0.15) is 5.10 Å². The van der Waals surface area contributed by atoms with E-state index >= 15 is 0 Å². The van der Waals surface area contributed by atoms with Crippen LogP contribution in [0.2, 0.25) is 0 Å². The number of nitrogens with zero attached hydrogens (tertiary/aromatic N) is 3. The molecule has 2 aromatic heterocycles. The van der Waals surface area contributed by atoms with Gasteiger partial charge < -0.3 is 15.7 Å². The molecule has 0 aliphatic carbocycles. The summed E-state index contributed by atoms with van der Waals surface area (Å²) in [6.45, 7) is 0.694. The number of hydrogen-bond donors (Lipinski definition) is 3. The number of aromatic carboxylic acids is 1. The van der Waals surface area contributed by atoms with Gasteiger partial charge in [0.2, 0.25) is 0 Å². The van der Waals surface area contributed by atoms with E-state index in [2.05, 4.69) is 20.7 Å². The molecular formula is C12H15N5O3S. The van der Waals surface area contributed by atoms with E-state index in [0.717, 1.165) is 5.69 Å². The van der Waals surface area contributed by atoms with Gasteiger partial charge in [0, 0.05) is 37.3 Å². The molecule has 2 aromatic rings. The predicted molar refractivity (Wildman–Crippen MR) is 76.2 cm³/mol. The number of nitrogens with one attached hydrogen (secondary N) is 2. The Kier molecular flexibility index (Phi) is 4.88. The van der Waals surface area contributed by atoms with Crippen molar-refractivity contribution in [3.8, 4) is 0 Å². The molecule has 9 heteroatoms. The largest absolute Gasteiger partial charge is 0.476 e. The Balaban J connectivity index is 1.69. The van der Waals surface area contributed by atoms with Gasteiger partial charge in [-0.15, -0.1) is 11.3 Å². The normalized spacial score (nSPS) is 10.3. The van der Waals surface area contributed by atoms with E-state index in [1.807, 2.05) is 13.1 Å². The molecule has 0 aromatic carbocycles. The number of carboxylic acid groups (broad SMARTS) is 1. The second-order valence-corrected chi connectivity index (χ2v) is 5.18. The molecule has 3 N–H and O–H groups in total. The second-order valence-electron chi connectivity index (χ2n) is 4.24. The Morgan fingerprint density at radius 2 is 2.24 bits per heavy atom. The van der Waals surface area contributed by atoms with E-state index in [-0.39, 0.29) is 18.3 Å². The standard InChI is InChI=1S/C12H15N5O3S/c1-17-8(3-5-15-17)2-4-13-12(20)14-6-10-16-9(7-21-10)11(18)19/h3,5,7H,2,4,6H2,1H3,(H,18,19)(H2,13,14,20). The zero-order valence-electron chi connectivity index (χ0n) is 11.4. The number of aryl methyl sites for hydroxylation is 1. The molecule has 0 bridgehead atoms. The minimum absolute atomic E-state index is 0.00610. The Bertz CT molecular complexity index is 636. The molecule has 0 saturated carbocycles. The molecule has 0 spiro atoms. The van der Waals surface area contributed by atoms with Gasteiger partial charge >= 0.3 is 12.0 Å². The molecule has 0 unspecified atom stereocenters. The van der Waals surface area contributed by atoms with Gasteiger partial charge in [0.25, 0.3) is 0 Å². The van der Waals surface area contributed by atoms with Crippen molar-refractivity contribution in [1.82, 2.24) is 25.4 Å². The van der Waals surface area contributed by atoms with Crippen molar-refractivity contribution in [3.05, 3.63) is 34.0 Å². The summed E-state index contributed by atoms with van der Waals surface area (Å²) in [5, 5.41) is 20.1. The summed E-state index contributed by atoms with van der Waals surface area (Å²) in [4.78, 5) is 26.1. The topological polar surface area (TPSA) is 109 Å². The molecule has 21 heavy (non-hydrogen) atoms. The van der Waals surface area contributed by atoms with E-state index in [1.54, 1.807) is 10.9 Å². The molecule has 2 heterocycles. The van der Waals surface area contributed by atoms with Gasteiger partial charge in [-0.05, 0) is 6.07 Å². The molecule has 112 valence electrons. The van der Waals surface area contributed by atoms with Gasteiger partial charge in [-0.25, -0.2) is 14.6 Å². The van der Waals surface area contributed by atoms with Crippen LogP contribution >= 0.6 is 11.3 Å². The minimum atomic E-state index is -1.07. The van der Waals surface area contributed by atoms with Gasteiger partial charge in [-0.3, -0.25) is 4.68 Å². The highest BCUT2D eigenvalue weighted by atomic mass is 32.1. The molecular weight excluding hydrogens is 294 g/mol. The number of carbonyl (C=O) groups excluding carboxylic acids is 1. The van der Waals surface area contributed by atoms with E-state index in [4.69, 9.17) is 5.11 Å². The molecule has 8 nitrogen and oxygen atoms in total. The van der Waals surface area contributed by atoms with Gasteiger partial charge in [0.15, 0.2) is 5.69 Å². The Morgan fingerprint density at radius 3 is 2.86 bits per heavy atom. The van der Waals surface area contributed by atoms with Crippen molar-refractivity contribution in [2.45, 2.75) is 13.0 Å². The molecule has 2 rings (SSSR count). The summed E-state index contributed by atoms with van der Waals surface area (Å²) >= 11 is 1.20. The lowest BCUT2D eigenvalue weighted by atomic mass is 10.3. The quantitative estimate of drug-likeness (QED) is 0.724. The smallest absolute Gasteiger partial charge is 0.355 e. The third-order valence-corrected chi connectivity index (χ3v) is 3.61. The second kappa shape index (κ2) is 6.84. The van der Waals surface area contributed by atoms with Crippen molar-refractivity contribution in [3.63, 3.8) is 0 Å². The van der Waals surface area contributed by atoms with Crippen molar-refractivity contribution >= 4 is 23.3 Å². The number of thiazole rings is 1. The van der Waals surface area contributed by atoms with Crippen LogP contribution in [0, 0.1) is 0 Å². The number of aromatic nitrogens is 3. The van der Waals surface area contributed by atoms with E-state index in [0.29, 0.717) is 18.0 Å². The van der Waals surface area contributed by atoms with Crippen molar-refractivity contribution in [2.24, 2.45) is 7.05 Å². The maximum absolute atomic E-state index is 11.6. The fourth-order valence-electron chi connectivity index (χ4n) is 1.66. The van der Waals surface area contributed by atoms with Crippen molar-refractivity contribution < 1.29 is 14.7 Å². The lowest BCUT2D eigenvalue weighted by Crippen LogP contribution is -2.36. The first kappa shape index (κ1) is 15.0. The molecule has 0 fully saturated rings. The SMILES string of the molecule is Cn1nccc1CCNC(=O)NCc1nc(C(=O)O)cs1. The van der Waals surface area contributed by atoms with Gasteiger partial charge in [0.05, 0.1) is 6.54 Å². The zero-order chi connectivity index (χ0) is 15.2. The molecule has 2 amide bonds. The number of carbonyl (C=O) groups is 2. The van der Waals surface area contributed by atoms with Gasteiger partial charge in [0.1, 0.15) is 5.01 Å². The number of hydrogen-bond acceptors (Lipinski definition) is 5. The molecule has 0 aliphatic heterocycles. The molecule has 0 saturated heterocycles. The molecule has 0 atom stereocenters. The third-order valence-electron chi connectivity index (χ3n) is 2.76. The van der Waals surface area contributed by atoms with Crippen LogP contribution in [0.5, 0.6) is 0 Å². The lowest BCUT2D eigenvalue weighted by Gasteiger charge is -2.06. The van der Waals surface area contributed by atoms with Crippen LogP contribution in [0.3, 0.4) is 0 Å². The first-order valence-corrected chi connectivity index (χ1v) is 7.10. The Morgan fingerprint density at radius 1 is 1.43 bits per heavy atom. The van der Waals surface area contributed by atoms with Crippen LogP contribution in [-0.2, 0) is 20.0 Å². The number of urea groups is 1. The summed E-state index contributed by atoms with van der Waals surface area (Å²) in [5.41, 5.74) is 1.02. The minimum Gasteiger partial charge on any atom is -0.476 e. The molecule has 0 aliphatic rings. The average molecular weight is 309 g/mol. The third kappa shape index (κ3) is 4.28. The van der Waals surface area contributed by atoms with Crippen LogP contribution in [0.15, 0.2) is 17.6 Å². The summed E-state index contributed by atoms with van der Waals surface area (Å²) in [6.07, 6.45) is 2.39. The summed E-state index contributed by atoms with van der Waals surface area (Å²) in [7, 11) is 1.85. The summed E-state index contributed by atoms with van der Waals surface area (Å²) in [5.74, 6) is -1.07. The fraction of sp³-hybridized carbons (Fsp3) is 0.333.